The van der Waals surface area contributed by atoms with Crippen LogP contribution < -0.4 is 5.56 Å². The monoisotopic (exact) mass is 447 g/mol. The number of rotatable bonds is 2. The summed E-state index contributed by atoms with van der Waals surface area (Å²) in [6.07, 6.45) is 1.55. The fourth-order valence-corrected chi connectivity index (χ4v) is 4.44. The van der Waals surface area contributed by atoms with E-state index >= 15 is 0 Å². The van der Waals surface area contributed by atoms with E-state index in [4.69, 9.17) is 0 Å². The van der Waals surface area contributed by atoms with E-state index in [0.29, 0.717) is 41.4 Å². The summed E-state index contributed by atoms with van der Waals surface area (Å²) in [6, 6.07) is 11.9. The van der Waals surface area contributed by atoms with Gasteiger partial charge in [0.2, 0.25) is 0 Å². The Morgan fingerprint density at radius 1 is 1.03 bits per heavy atom. The molecule has 0 aromatic heterocycles. The molecule has 3 aliphatic rings. The molecule has 1 fully saturated rings. The summed E-state index contributed by atoms with van der Waals surface area (Å²) >= 11 is 0. The molecule has 1 amide bonds. The van der Waals surface area contributed by atoms with Gasteiger partial charge < -0.3 is 4.90 Å². The number of carbonyl (C=O) groups is 1. The van der Waals surface area contributed by atoms with Gasteiger partial charge >= 0.3 is 6.03 Å². The van der Waals surface area contributed by atoms with Crippen LogP contribution in [0.5, 0.6) is 0 Å². The topological polar surface area (TPSA) is 63.4 Å². The van der Waals surface area contributed by atoms with Crippen molar-refractivity contribution in [1.82, 2.24) is 24.1 Å². The van der Waals surface area contributed by atoms with Crippen molar-refractivity contribution in [3.63, 3.8) is 0 Å². The third-order valence-electron chi connectivity index (χ3n) is 6.41. The SMILES string of the molecule is Cc1ccc(-n2nc3c4cc(F)ccc4n(C(=O)N4CCN(C(C)C)CC4)cc-3c2=O)cc1. The van der Waals surface area contributed by atoms with E-state index in [0.717, 1.165) is 18.7 Å². The fraction of sp³-hybridized carbons (Fsp3) is 0.320. The number of hydrogen-bond donors (Lipinski definition) is 0. The first kappa shape index (κ1) is 21.3. The van der Waals surface area contributed by atoms with Gasteiger partial charge in [0.15, 0.2) is 0 Å². The molecular weight excluding hydrogens is 421 g/mol. The van der Waals surface area contributed by atoms with Crippen molar-refractivity contribution in [2.45, 2.75) is 26.8 Å². The van der Waals surface area contributed by atoms with Crippen LogP contribution in [0.25, 0.3) is 27.8 Å². The van der Waals surface area contributed by atoms with Gasteiger partial charge in [-0.1, -0.05) is 17.7 Å². The van der Waals surface area contributed by atoms with Gasteiger partial charge in [0, 0.05) is 43.8 Å². The van der Waals surface area contributed by atoms with Gasteiger partial charge in [-0.15, -0.1) is 0 Å². The van der Waals surface area contributed by atoms with Crippen LogP contribution in [0.3, 0.4) is 0 Å². The van der Waals surface area contributed by atoms with Gasteiger partial charge in [0.25, 0.3) is 5.56 Å². The third kappa shape index (κ3) is 3.70. The lowest BCUT2D eigenvalue weighted by Crippen LogP contribution is -2.51. The zero-order valence-electron chi connectivity index (χ0n) is 19.0. The Morgan fingerprint density at radius 2 is 1.73 bits per heavy atom. The maximum atomic E-state index is 14.2. The highest BCUT2D eigenvalue weighted by molar-refractivity contribution is 5.99. The average Bonchev–Trinajstić information content (AvgIpc) is 3.15. The lowest BCUT2D eigenvalue weighted by Gasteiger charge is -2.37. The largest absolute Gasteiger partial charge is 0.328 e. The summed E-state index contributed by atoms with van der Waals surface area (Å²) in [7, 11) is 0. The van der Waals surface area contributed by atoms with Crippen LogP contribution in [0.4, 0.5) is 9.18 Å². The van der Waals surface area contributed by atoms with E-state index < -0.39 is 5.82 Å². The van der Waals surface area contributed by atoms with Crippen LogP contribution in [-0.4, -0.2) is 62.4 Å². The minimum Gasteiger partial charge on any atom is -0.321 e. The van der Waals surface area contributed by atoms with Gasteiger partial charge in [-0.2, -0.15) is 9.78 Å². The number of nitrogens with zero attached hydrogens (tertiary/aromatic N) is 5. The number of carbonyl (C=O) groups excluding carboxylic acids is 1. The number of aromatic nitrogens is 3. The van der Waals surface area contributed by atoms with Crippen molar-refractivity contribution in [1.29, 1.82) is 0 Å². The van der Waals surface area contributed by atoms with Crippen LogP contribution in [-0.2, 0) is 0 Å². The minimum absolute atomic E-state index is 0.223. The predicted molar refractivity (Wildman–Crippen MR) is 126 cm³/mol. The number of amides is 1. The molecule has 0 aliphatic carbocycles. The quantitative estimate of drug-likeness (QED) is 0.470. The Balaban J connectivity index is 1.64. The first-order valence-corrected chi connectivity index (χ1v) is 11.2. The standard InChI is InChI=1S/C25H26FN5O2/c1-16(2)28-10-12-29(13-11-28)25(33)30-15-21-23(20-14-18(26)6-9-22(20)30)27-31(24(21)32)19-7-4-17(3)5-8-19/h4-9,14-16H,10-13H2,1-3H3. The molecule has 3 aliphatic heterocycles. The Bertz CT molecular complexity index is 1360. The molecule has 0 bridgehead atoms. The number of pyridine rings is 1. The molecule has 0 atom stereocenters. The van der Waals surface area contributed by atoms with Gasteiger partial charge in [-0.05, 0) is 51.1 Å². The van der Waals surface area contributed by atoms with E-state index in [1.54, 1.807) is 17.2 Å². The molecular formula is C25H26FN5O2. The van der Waals surface area contributed by atoms with Crippen molar-refractivity contribution in [3.8, 4) is 16.9 Å². The summed E-state index contributed by atoms with van der Waals surface area (Å²) < 4.78 is 17.0. The van der Waals surface area contributed by atoms with Crippen LogP contribution in [0, 0.1) is 12.7 Å². The number of fused-ring (bicyclic) bond motifs is 3. The van der Waals surface area contributed by atoms with Crippen molar-refractivity contribution >= 4 is 16.9 Å². The first-order valence-electron chi connectivity index (χ1n) is 11.2. The normalized spacial score (nSPS) is 15.1. The molecule has 0 N–H and O–H groups in total. The van der Waals surface area contributed by atoms with Crippen LogP contribution in [0.15, 0.2) is 53.5 Å². The average molecular weight is 448 g/mol. The molecule has 0 radical (unpaired) electrons. The molecule has 5 rings (SSSR count). The highest BCUT2D eigenvalue weighted by Crippen LogP contribution is 2.29. The van der Waals surface area contributed by atoms with Gasteiger partial charge in [-0.3, -0.25) is 14.3 Å². The molecule has 3 heterocycles. The molecule has 2 aromatic carbocycles. The van der Waals surface area contributed by atoms with E-state index in [2.05, 4.69) is 23.8 Å². The number of benzene rings is 2. The van der Waals surface area contributed by atoms with Crippen LogP contribution >= 0.6 is 0 Å². The van der Waals surface area contributed by atoms with Gasteiger partial charge in [0.05, 0.1) is 16.8 Å². The zero-order chi connectivity index (χ0) is 23.3. The zero-order valence-corrected chi connectivity index (χ0v) is 19.0. The smallest absolute Gasteiger partial charge is 0.321 e. The second-order valence-electron chi connectivity index (χ2n) is 8.87. The molecule has 1 saturated heterocycles. The lowest BCUT2D eigenvalue weighted by atomic mass is 10.1. The highest BCUT2D eigenvalue weighted by atomic mass is 19.1. The van der Waals surface area contributed by atoms with Gasteiger partial charge in [-0.25, -0.2) is 9.18 Å². The Kier molecular flexibility index (Phi) is 5.25. The summed E-state index contributed by atoms with van der Waals surface area (Å²) in [5.41, 5.74) is 2.53. The summed E-state index contributed by atoms with van der Waals surface area (Å²) in [4.78, 5) is 30.9. The number of aryl methyl sites for hydroxylation is 1. The van der Waals surface area contributed by atoms with E-state index in [9.17, 15) is 14.0 Å². The van der Waals surface area contributed by atoms with E-state index in [1.807, 2.05) is 31.2 Å². The van der Waals surface area contributed by atoms with Crippen LogP contribution in [0.1, 0.15) is 19.4 Å². The molecule has 0 saturated carbocycles. The molecule has 2 aromatic rings. The minimum atomic E-state index is -0.447. The first-order chi connectivity index (χ1) is 15.8. The third-order valence-corrected chi connectivity index (χ3v) is 6.41. The number of hydrogen-bond acceptors (Lipinski definition) is 4. The fourth-order valence-electron chi connectivity index (χ4n) is 4.44. The Morgan fingerprint density at radius 3 is 2.39 bits per heavy atom. The summed E-state index contributed by atoms with van der Waals surface area (Å²) in [6.45, 7) is 9.02. The molecule has 0 spiro atoms. The predicted octanol–water partition coefficient (Wildman–Crippen LogP) is 3.73. The summed E-state index contributed by atoms with van der Waals surface area (Å²) in [5.74, 6) is -0.447. The Labute approximate surface area is 191 Å². The molecule has 170 valence electrons. The maximum Gasteiger partial charge on any atom is 0.328 e. The highest BCUT2D eigenvalue weighted by Gasteiger charge is 2.27. The summed E-state index contributed by atoms with van der Waals surface area (Å²) in [5, 5.41) is 4.95. The van der Waals surface area contributed by atoms with Crippen molar-refractivity contribution in [2.75, 3.05) is 26.2 Å². The molecule has 0 unspecified atom stereocenters. The van der Waals surface area contributed by atoms with Crippen molar-refractivity contribution < 1.29 is 9.18 Å². The Hall–Kier alpha value is -3.52. The van der Waals surface area contributed by atoms with E-state index in [1.165, 1.54) is 21.4 Å². The van der Waals surface area contributed by atoms with Gasteiger partial charge in [0.1, 0.15) is 11.5 Å². The lowest BCUT2D eigenvalue weighted by molar-refractivity contribution is 0.120. The van der Waals surface area contributed by atoms with Crippen molar-refractivity contribution in [2.24, 2.45) is 0 Å². The number of halogens is 1. The maximum absolute atomic E-state index is 14.2. The van der Waals surface area contributed by atoms with E-state index in [-0.39, 0.29) is 17.2 Å². The van der Waals surface area contributed by atoms with Crippen molar-refractivity contribution in [3.05, 3.63) is 70.4 Å². The molecule has 8 heteroatoms. The molecule has 33 heavy (non-hydrogen) atoms. The number of piperazine rings is 1. The second-order valence-corrected chi connectivity index (χ2v) is 8.87. The van der Waals surface area contributed by atoms with Crippen LogP contribution in [0.2, 0.25) is 0 Å². The second kappa shape index (κ2) is 8.12. The molecule has 7 nitrogen and oxygen atoms in total.